The Balaban J connectivity index is 0.000000110. The van der Waals surface area contributed by atoms with Gasteiger partial charge in [0, 0.05) is 0 Å². The first-order valence-electron chi connectivity index (χ1n) is 50.4. The first kappa shape index (κ1) is 99.2. The van der Waals surface area contributed by atoms with Gasteiger partial charge < -0.3 is 0 Å². The number of rotatable bonds is 2. The van der Waals surface area contributed by atoms with Crippen LogP contribution in [-0.2, 0) is 0 Å². The van der Waals surface area contributed by atoms with E-state index < -0.39 is 0 Å². The molecule has 27 aromatic carbocycles. The fourth-order valence-corrected chi connectivity index (χ4v) is 18.9. The fourth-order valence-electron chi connectivity index (χ4n) is 18.9. The lowest BCUT2D eigenvalue weighted by molar-refractivity contribution is 1.47. The van der Waals surface area contributed by atoms with Crippen LogP contribution in [0.1, 0.15) is 61.2 Å². The third-order valence-electron chi connectivity index (χ3n) is 26.8. The van der Waals surface area contributed by atoms with E-state index in [0.717, 1.165) is 0 Å². The van der Waals surface area contributed by atoms with Gasteiger partial charge in [-0.05, 0) is 302 Å². The maximum Gasteiger partial charge on any atom is -0.0103 e. The average molecular weight is 1870 g/mol. The zero-order valence-corrected chi connectivity index (χ0v) is 85.0. The van der Waals surface area contributed by atoms with E-state index in [1.165, 1.54) is 234 Å². The molecule has 0 amide bonds. The fraction of sp³-hybridized carbons (Fsp3) is 0.0759. The topological polar surface area (TPSA) is 0 Å². The summed E-state index contributed by atoms with van der Waals surface area (Å²) in [6, 6.07) is 195. The monoisotopic (exact) mass is 1860 g/mol. The van der Waals surface area contributed by atoms with Gasteiger partial charge in [0.1, 0.15) is 0 Å². The molecule has 0 nitrogen and oxygen atoms in total. The van der Waals surface area contributed by atoms with Gasteiger partial charge in [0.05, 0.1) is 0 Å². The summed E-state index contributed by atoms with van der Waals surface area (Å²) in [5.74, 6) is 0. The van der Waals surface area contributed by atoms with Crippen LogP contribution in [0.15, 0.2) is 552 Å². The molecule has 0 radical (unpaired) electrons. The minimum atomic E-state index is 1.28. The predicted octanol–water partition coefficient (Wildman–Crippen LogP) is 41.4. The van der Waals surface area contributed by atoms with Gasteiger partial charge >= 0.3 is 0 Å². The summed E-state index contributed by atoms with van der Waals surface area (Å²) in [7, 11) is 0. The minimum absolute atomic E-state index is 1.28. The Morgan fingerprint density at radius 1 is 0.0897 bits per heavy atom. The molecule has 0 aliphatic heterocycles. The maximum absolute atomic E-state index is 2.28. The first-order chi connectivity index (χ1) is 70.9. The standard InChI is InChI=1S/6C15H12.2C13H12.2C11H10.C7H8/c1-11-14-8-4-2-6-12(14)10-13-7-3-5-9-15(11)13;1-11-5-4-8-14-9-12-6-2-3-7-13(12)10-15(11)14;1-11-5-4-8-15-13(11)10-9-12-6-2-3-7-14(12)15;1-11-6-9-15-13(10-11)8-7-12-4-2-3-5-14(12)15;1-11-6-7-14-9-12-4-2-3-5-13(12)10-15(14)8-11;1-11-6-7-13-9-8-12-4-2-3-5-14(12)15(13)10-11;1-11-6-5-9-13(10-11)12-7-3-2-4-8-12;1-11-7-9-13(10-8-11)12-5-3-2-4-6-12;1-9-5-4-7-10-6-2-3-8-11(9)10;1-9-6-7-10-4-2-3-5-11(10)8-9;1-7-5-3-2-4-6-7/h6*2-10H,1H3;2*2-10H,1H3;2*2-8H,1H3;2-6H,1H3. The second kappa shape index (κ2) is 48.6. The van der Waals surface area contributed by atoms with E-state index in [2.05, 4.69) is 598 Å². The SMILES string of the molecule is Cc1c2ccccc2cc2ccccc12.Cc1ccc(-c2ccccc2)cc1.Cc1ccc2c(ccc3ccccc32)c1.Cc1ccc2cc3ccccc3cc2c1.Cc1ccc2ccc3ccccc3c2c1.Cc1ccc2ccccc2c1.Cc1cccc(-c2ccccc2)c1.Cc1cccc2c1ccc1ccccc12.Cc1cccc2cc3ccccc3cc12.Cc1cccc2ccccc12.Cc1ccccc1. The van der Waals surface area contributed by atoms with Gasteiger partial charge in [-0.2, -0.15) is 0 Å². The molecule has 0 saturated heterocycles. The van der Waals surface area contributed by atoms with Crippen molar-refractivity contribution in [2.24, 2.45) is 0 Å². The van der Waals surface area contributed by atoms with Gasteiger partial charge in [-0.15, -0.1) is 0 Å². The Kier molecular flexibility index (Phi) is 33.3. The van der Waals surface area contributed by atoms with E-state index in [0.29, 0.717) is 0 Å². The number of hydrogen-bond donors (Lipinski definition) is 0. The highest BCUT2D eigenvalue weighted by Crippen LogP contribution is 2.34. The molecule has 0 aliphatic carbocycles. The highest BCUT2D eigenvalue weighted by molar-refractivity contribution is 6.11. The molecule has 0 heterocycles. The van der Waals surface area contributed by atoms with E-state index >= 15 is 0 Å². The van der Waals surface area contributed by atoms with Gasteiger partial charge in [-0.1, -0.05) is 561 Å². The number of aryl methyl sites for hydroxylation is 11. The molecule has 0 unspecified atom stereocenters. The van der Waals surface area contributed by atoms with Gasteiger partial charge in [0.2, 0.25) is 0 Å². The molecule has 27 rings (SSSR count). The molecular weight excluding hydrogens is 1740 g/mol. The van der Waals surface area contributed by atoms with E-state index in [1.54, 1.807) is 0 Å². The number of benzene rings is 27. The van der Waals surface area contributed by atoms with Crippen molar-refractivity contribution < 1.29 is 0 Å². The molecule has 0 saturated carbocycles. The van der Waals surface area contributed by atoms with Crippen molar-refractivity contribution in [3.05, 3.63) is 613 Å². The Labute approximate surface area is 856 Å². The Morgan fingerprint density at radius 2 is 0.331 bits per heavy atom. The lowest BCUT2D eigenvalue weighted by Gasteiger charge is -2.06. The molecule has 0 fully saturated rings. The van der Waals surface area contributed by atoms with Crippen LogP contribution >= 0.6 is 0 Å². The van der Waals surface area contributed by atoms with Crippen LogP contribution in [0.5, 0.6) is 0 Å². The molecule has 0 heteroatoms. The van der Waals surface area contributed by atoms with Crippen molar-refractivity contribution in [1.29, 1.82) is 0 Å². The summed E-state index contributed by atoms with van der Waals surface area (Å²) < 4.78 is 0. The largest absolute Gasteiger partial charge is 0.0622 e. The molecule has 0 spiro atoms. The Bertz CT molecular complexity index is 8850. The van der Waals surface area contributed by atoms with Crippen LogP contribution in [0, 0.1) is 76.2 Å². The highest BCUT2D eigenvalue weighted by Gasteiger charge is 2.09. The van der Waals surface area contributed by atoms with Crippen molar-refractivity contribution in [3.8, 4) is 22.3 Å². The van der Waals surface area contributed by atoms with Crippen LogP contribution < -0.4 is 0 Å². The van der Waals surface area contributed by atoms with Crippen molar-refractivity contribution in [2.75, 3.05) is 0 Å². The predicted molar refractivity (Wildman–Crippen MR) is 639 cm³/mol. The number of fused-ring (bicyclic) bond motifs is 17. The van der Waals surface area contributed by atoms with Crippen LogP contribution in [0.3, 0.4) is 0 Å². The van der Waals surface area contributed by atoms with Gasteiger partial charge in [-0.25, -0.2) is 0 Å². The smallest absolute Gasteiger partial charge is 0.0103 e. The van der Waals surface area contributed by atoms with E-state index in [-0.39, 0.29) is 0 Å². The summed E-state index contributed by atoms with van der Waals surface area (Å²) in [4.78, 5) is 0. The molecule has 0 atom stereocenters. The van der Waals surface area contributed by atoms with Crippen molar-refractivity contribution in [3.63, 3.8) is 0 Å². The normalized spacial score (nSPS) is 10.6. The van der Waals surface area contributed by atoms with Crippen LogP contribution in [0.2, 0.25) is 0 Å². The molecule has 27 aromatic rings. The summed E-state index contributed by atoms with van der Waals surface area (Å²) in [6.07, 6.45) is 0. The molecule has 0 bridgehead atoms. The summed E-state index contributed by atoms with van der Waals surface area (Å²) in [5, 5.41) is 37.3. The lowest BCUT2D eigenvalue weighted by Crippen LogP contribution is -1.81. The Hall–Kier alpha value is -17.4. The van der Waals surface area contributed by atoms with Crippen LogP contribution in [0.4, 0.5) is 0 Å². The van der Waals surface area contributed by atoms with Gasteiger partial charge in [-0.3, -0.25) is 0 Å². The van der Waals surface area contributed by atoms with Crippen LogP contribution in [0.25, 0.3) is 173 Å². The second-order valence-electron chi connectivity index (χ2n) is 37.7. The molecule has 0 aliphatic rings. The van der Waals surface area contributed by atoms with E-state index in [4.69, 9.17) is 0 Å². The average Bonchev–Trinajstić information content (AvgIpc) is 0.782. The zero-order chi connectivity index (χ0) is 100. The summed E-state index contributed by atoms with van der Waals surface area (Å²) in [5.41, 5.74) is 19.8. The molecule has 704 valence electrons. The van der Waals surface area contributed by atoms with Crippen molar-refractivity contribution in [2.45, 2.75) is 76.2 Å². The zero-order valence-electron chi connectivity index (χ0n) is 85.0. The molecular formula is C145H124. The van der Waals surface area contributed by atoms with Crippen LogP contribution in [-0.4, -0.2) is 0 Å². The molecule has 145 heavy (non-hydrogen) atoms. The third kappa shape index (κ3) is 26.1. The number of hydrogen-bond acceptors (Lipinski definition) is 0. The van der Waals surface area contributed by atoms with Gasteiger partial charge in [0.15, 0.2) is 0 Å². The van der Waals surface area contributed by atoms with E-state index in [1.807, 2.05) is 30.3 Å². The second-order valence-corrected chi connectivity index (χ2v) is 37.7. The van der Waals surface area contributed by atoms with Crippen molar-refractivity contribution >= 4 is 151 Å². The Morgan fingerprint density at radius 3 is 0.855 bits per heavy atom. The molecule has 0 aromatic heterocycles. The highest BCUT2D eigenvalue weighted by atomic mass is 14.1. The first-order valence-corrected chi connectivity index (χ1v) is 50.4. The lowest BCUT2D eigenvalue weighted by atomic mass is 9.98. The summed E-state index contributed by atoms with van der Waals surface area (Å²) in [6.45, 7) is 23.5. The van der Waals surface area contributed by atoms with Crippen molar-refractivity contribution in [1.82, 2.24) is 0 Å². The summed E-state index contributed by atoms with van der Waals surface area (Å²) >= 11 is 0. The van der Waals surface area contributed by atoms with E-state index in [9.17, 15) is 0 Å². The maximum atomic E-state index is 2.28. The third-order valence-corrected chi connectivity index (χ3v) is 26.8. The van der Waals surface area contributed by atoms with Gasteiger partial charge in [0.25, 0.3) is 0 Å². The molecule has 0 N–H and O–H groups in total. The quantitative estimate of drug-likeness (QED) is 0.120. The minimum Gasteiger partial charge on any atom is -0.0622 e.